The van der Waals surface area contributed by atoms with Gasteiger partial charge in [-0.2, -0.15) is 0 Å². The topological polar surface area (TPSA) is 85.2 Å². The van der Waals surface area contributed by atoms with E-state index in [1.165, 1.54) is 10.8 Å². The van der Waals surface area contributed by atoms with Gasteiger partial charge in [0.15, 0.2) is 0 Å². The number of rotatable bonds is 6. The number of anilines is 1. The highest BCUT2D eigenvalue weighted by Crippen LogP contribution is 2.23. The maximum Gasteiger partial charge on any atom is 0.244 e. The number of sulfone groups is 1. The van der Waals surface area contributed by atoms with Crippen molar-refractivity contribution in [2.24, 2.45) is 0 Å². The highest BCUT2D eigenvalue weighted by molar-refractivity contribution is 7.91. The highest BCUT2D eigenvalue weighted by Gasteiger charge is 2.24. The average molecular weight is 479 g/mol. The van der Waals surface area contributed by atoms with Gasteiger partial charge in [-0.3, -0.25) is 9.59 Å². The van der Waals surface area contributed by atoms with Crippen molar-refractivity contribution < 1.29 is 17.6 Å². The van der Waals surface area contributed by atoms with Gasteiger partial charge in [0.1, 0.15) is 17.3 Å². The second-order valence-electron chi connectivity index (χ2n) is 8.03. The van der Waals surface area contributed by atoms with Gasteiger partial charge in [0.25, 0.3) is 0 Å². The Morgan fingerprint density at radius 1 is 1.03 bits per heavy atom. The number of pyridine rings is 1. The molecule has 0 aliphatic heterocycles. The molecule has 174 valence electrons. The van der Waals surface area contributed by atoms with E-state index in [1.807, 2.05) is 38.1 Å². The Labute approximate surface area is 196 Å². The summed E-state index contributed by atoms with van der Waals surface area (Å²) in [6, 6.07) is 16.8. The summed E-state index contributed by atoms with van der Waals surface area (Å²) >= 11 is 0. The first-order valence-corrected chi connectivity index (χ1v) is 12.2. The molecule has 0 aliphatic rings. The van der Waals surface area contributed by atoms with Crippen LogP contribution in [0, 0.1) is 12.7 Å². The van der Waals surface area contributed by atoms with Gasteiger partial charge in [0.2, 0.25) is 21.2 Å². The third-order valence-corrected chi connectivity index (χ3v) is 7.31. The minimum atomic E-state index is -4.25. The SMILES string of the molecule is CCc1ccc2c(c1)c(=O)c(S(=O)(=O)c1ccc(F)cc1)cn2CC(=O)Nc1cccc(C)c1. The third-order valence-electron chi connectivity index (χ3n) is 5.55. The molecule has 8 heteroatoms. The first-order chi connectivity index (χ1) is 16.2. The molecular weight excluding hydrogens is 455 g/mol. The largest absolute Gasteiger partial charge is 0.336 e. The average Bonchev–Trinajstić information content (AvgIpc) is 2.80. The van der Waals surface area contributed by atoms with E-state index >= 15 is 0 Å². The van der Waals surface area contributed by atoms with Gasteiger partial charge in [-0.1, -0.05) is 25.1 Å². The van der Waals surface area contributed by atoms with Gasteiger partial charge < -0.3 is 9.88 Å². The summed E-state index contributed by atoms with van der Waals surface area (Å²) in [5.41, 5.74) is 2.23. The fraction of sp³-hybridized carbons (Fsp3) is 0.154. The number of hydrogen-bond donors (Lipinski definition) is 1. The first-order valence-electron chi connectivity index (χ1n) is 10.7. The normalized spacial score (nSPS) is 11.5. The maximum atomic E-state index is 13.4. The molecule has 0 radical (unpaired) electrons. The van der Waals surface area contributed by atoms with Gasteiger partial charge in [0.05, 0.1) is 10.4 Å². The molecule has 0 saturated carbocycles. The number of carbonyl (C=O) groups excluding carboxylic acids is 1. The van der Waals surface area contributed by atoms with Crippen LogP contribution >= 0.6 is 0 Å². The number of aromatic nitrogens is 1. The van der Waals surface area contributed by atoms with E-state index in [0.717, 1.165) is 35.4 Å². The minimum Gasteiger partial charge on any atom is -0.336 e. The van der Waals surface area contributed by atoms with Crippen LogP contribution in [-0.2, 0) is 27.6 Å². The molecule has 3 aromatic carbocycles. The van der Waals surface area contributed by atoms with Crippen molar-refractivity contribution >= 4 is 32.3 Å². The zero-order chi connectivity index (χ0) is 24.5. The first kappa shape index (κ1) is 23.4. The van der Waals surface area contributed by atoms with Crippen molar-refractivity contribution in [2.45, 2.75) is 36.6 Å². The summed E-state index contributed by atoms with van der Waals surface area (Å²) in [7, 11) is -4.25. The molecule has 6 nitrogen and oxygen atoms in total. The molecule has 4 aromatic rings. The standard InChI is InChI=1S/C26H23FN2O4S/c1-3-18-7-12-23-22(14-18)26(31)24(34(32,33)21-10-8-19(27)9-11-21)15-29(23)16-25(30)28-20-6-4-5-17(2)13-20/h4-15H,3,16H2,1-2H3,(H,28,30). The van der Waals surface area contributed by atoms with Crippen molar-refractivity contribution in [3.05, 3.63) is 100 Å². The van der Waals surface area contributed by atoms with Gasteiger partial charge in [0, 0.05) is 17.3 Å². The number of hydrogen-bond acceptors (Lipinski definition) is 4. The van der Waals surface area contributed by atoms with Gasteiger partial charge in [-0.15, -0.1) is 0 Å². The van der Waals surface area contributed by atoms with Crippen molar-refractivity contribution in [3.63, 3.8) is 0 Å². The van der Waals surface area contributed by atoms with E-state index in [0.29, 0.717) is 17.6 Å². The summed E-state index contributed by atoms with van der Waals surface area (Å²) in [5, 5.41) is 3.00. The molecule has 0 saturated heterocycles. The van der Waals surface area contributed by atoms with Crippen LogP contribution < -0.4 is 10.7 Å². The summed E-state index contributed by atoms with van der Waals surface area (Å²) < 4.78 is 41.4. The van der Waals surface area contributed by atoms with E-state index < -0.39 is 26.0 Å². The van der Waals surface area contributed by atoms with E-state index in [4.69, 9.17) is 0 Å². The number of nitrogens with zero attached hydrogens (tertiary/aromatic N) is 1. The molecule has 1 amide bonds. The molecule has 0 aliphatic carbocycles. The molecule has 34 heavy (non-hydrogen) atoms. The van der Waals surface area contributed by atoms with Gasteiger partial charge in [-0.25, -0.2) is 12.8 Å². The van der Waals surface area contributed by atoms with Crippen LogP contribution in [0.25, 0.3) is 10.9 Å². The quantitative estimate of drug-likeness (QED) is 0.414. The van der Waals surface area contributed by atoms with Crippen LogP contribution in [0.1, 0.15) is 18.1 Å². The molecule has 1 heterocycles. The number of fused-ring (bicyclic) bond motifs is 1. The molecule has 0 bridgehead atoms. The van der Waals surface area contributed by atoms with Crippen molar-refractivity contribution in [3.8, 4) is 0 Å². The number of amides is 1. The molecule has 1 aromatic heterocycles. The summed E-state index contributed by atoms with van der Waals surface area (Å²) in [4.78, 5) is 25.4. The second-order valence-corrected chi connectivity index (χ2v) is 9.95. The molecular formula is C26H23FN2O4S. The van der Waals surface area contributed by atoms with Crippen molar-refractivity contribution in [1.29, 1.82) is 0 Å². The molecule has 0 fully saturated rings. The van der Waals surface area contributed by atoms with E-state index in [2.05, 4.69) is 5.32 Å². The van der Waals surface area contributed by atoms with Crippen LogP contribution in [0.5, 0.6) is 0 Å². The fourth-order valence-corrected chi connectivity index (χ4v) is 5.15. The van der Waals surface area contributed by atoms with Crippen molar-refractivity contribution in [1.82, 2.24) is 4.57 Å². The molecule has 0 atom stereocenters. The lowest BCUT2D eigenvalue weighted by atomic mass is 10.1. The van der Waals surface area contributed by atoms with Crippen LogP contribution in [0.15, 0.2) is 87.5 Å². The maximum absolute atomic E-state index is 13.4. The smallest absolute Gasteiger partial charge is 0.244 e. The lowest BCUT2D eigenvalue weighted by Crippen LogP contribution is -2.24. The van der Waals surface area contributed by atoms with Crippen LogP contribution in [0.2, 0.25) is 0 Å². The van der Waals surface area contributed by atoms with Crippen LogP contribution in [-0.4, -0.2) is 18.9 Å². The minimum absolute atomic E-state index is 0.200. The molecule has 0 unspecified atom stereocenters. The molecule has 0 spiro atoms. The van der Waals surface area contributed by atoms with Crippen LogP contribution in [0.4, 0.5) is 10.1 Å². The number of halogens is 1. The van der Waals surface area contributed by atoms with Gasteiger partial charge >= 0.3 is 0 Å². The Kier molecular flexibility index (Phi) is 6.34. The summed E-state index contributed by atoms with van der Waals surface area (Å²) in [6.45, 7) is 3.62. The predicted molar refractivity (Wildman–Crippen MR) is 129 cm³/mol. The number of carbonyl (C=O) groups is 1. The fourth-order valence-electron chi connectivity index (χ4n) is 3.78. The van der Waals surface area contributed by atoms with Gasteiger partial charge in [-0.05, 0) is 73.0 Å². The Hall–Kier alpha value is -3.78. The van der Waals surface area contributed by atoms with E-state index in [-0.39, 0.29) is 22.7 Å². The van der Waals surface area contributed by atoms with E-state index in [1.54, 1.807) is 18.2 Å². The lowest BCUT2D eigenvalue weighted by Gasteiger charge is -2.15. The van der Waals surface area contributed by atoms with Crippen molar-refractivity contribution in [2.75, 3.05) is 5.32 Å². The Bertz CT molecular complexity index is 1560. The number of nitrogens with one attached hydrogen (secondary N) is 1. The summed E-state index contributed by atoms with van der Waals surface area (Å²) in [5.74, 6) is -0.962. The Balaban J connectivity index is 1.84. The molecule has 4 rings (SSSR count). The zero-order valence-electron chi connectivity index (χ0n) is 18.7. The zero-order valence-corrected chi connectivity index (χ0v) is 19.5. The summed E-state index contributed by atoms with van der Waals surface area (Å²) in [6.07, 6.45) is 1.84. The lowest BCUT2D eigenvalue weighted by molar-refractivity contribution is -0.116. The Morgan fingerprint density at radius 3 is 2.44 bits per heavy atom. The Morgan fingerprint density at radius 2 is 1.76 bits per heavy atom. The molecule has 1 N–H and O–H groups in total. The predicted octanol–water partition coefficient (Wildman–Crippen LogP) is 4.48. The second kappa shape index (κ2) is 9.23. The monoisotopic (exact) mass is 478 g/mol. The number of benzene rings is 3. The number of aryl methyl sites for hydroxylation is 2. The third kappa shape index (κ3) is 4.63. The van der Waals surface area contributed by atoms with E-state index in [9.17, 15) is 22.4 Å². The van der Waals surface area contributed by atoms with Crippen LogP contribution in [0.3, 0.4) is 0 Å². The highest BCUT2D eigenvalue weighted by atomic mass is 32.2.